The first-order chi connectivity index (χ1) is 8.90. The van der Waals surface area contributed by atoms with Crippen molar-refractivity contribution in [3.8, 4) is 0 Å². The van der Waals surface area contributed by atoms with Crippen LogP contribution < -0.4 is 5.32 Å². The molecule has 100 valence electrons. The second-order valence-electron chi connectivity index (χ2n) is 4.51. The first kappa shape index (κ1) is 13.1. The molecule has 0 aliphatic carbocycles. The fraction of sp³-hybridized carbons (Fsp3) is 0.308. The number of hydrogen-bond acceptors (Lipinski definition) is 4. The minimum atomic E-state index is -0.597. The maximum Gasteiger partial charge on any atom is 0.411 e. The van der Waals surface area contributed by atoms with Crippen molar-refractivity contribution in [2.75, 3.05) is 12.4 Å². The molecule has 1 aliphatic heterocycles. The van der Waals surface area contributed by atoms with E-state index in [-0.39, 0.29) is 23.5 Å². The highest BCUT2D eigenvalue weighted by Crippen LogP contribution is 2.24. The van der Waals surface area contributed by atoms with E-state index < -0.39 is 6.09 Å². The highest BCUT2D eigenvalue weighted by molar-refractivity contribution is 6.21. The molecule has 6 nitrogen and oxygen atoms in total. The van der Waals surface area contributed by atoms with E-state index in [1.807, 2.05) is 0 Å². The Morgan fingerprint density at radius 2 is 1.84 bits per heavy atom. The Hall–Kier alpha value is -2.37. The SMILES string of the molecule is CC(C)OC(=O)Nc1ccc2c(c1)C(=O)N(C)C2=O. The molecule has 1 aromatic carbocycles. The predicted molar refractivity (Wildman–Crippen MR) is 68.1 cm³/mol. The van der Waals surface area contributed by atoms with E-state index in [1.165, 1.54) is 19.2 Å². The molecule has 0 aromatic heterocycles. The van der Waals surface area contributed by atoms with Gasteiger partial charge in [-0.2, -0.15) is 0 Å². The smallest absolute Gasteiger partial charge is 0.411 e. The second kappa shape index (κ2) is 4.72. The van der Waals surface area contributed by atoms with Gasteiger partial charge in [-0.3, -0.25) is 19.8 Å². The van der Waals surface area contributed by atoms with E-state index in [0.29, 0.717) is 11.3 Å². The number of amides is 3. The number of carbonyl (C=O) groups excluding carboxylic acids is 3. The van der Waals surface area contributed by atoms with Crippen molar-refractivity contribution in [3.63, 3.8) is 0 Å². The summed E-state index contributed by atoms with van der Waals surface area (Å²) in [5.74, 6) is -0.711. The maximum atomic E-state index is 11.8. The lowest BCUT2D eigenvalue weighted by Crippen LogP contribution is -2.24. The van der Waals surface area contributed by atoms with Crippen molar-refractivity contribution in [2.45, 2.75) is 20.0 Å². The van der Waals surface area contributed by atoms with Gasteiger partial charge in [-0.1, -0.05) is 0 Å². The molecule has 0 fully saturated rings. The summed E-state index contributed by atoms with van der Waals surface area (Å²) < 4.78 is 4.93. The first-order valence-corrected chi connectivity index (χ1v) is 5.84. The van der Waals surface area contributed by atoms with Gasteiger partial charge < -0.3 is 4.74 Å². The predicted octanol–water partition coefficient (Wildman–Crippen LogP) is 1.87. The number of benzene rings is 1. The molecule has 3 amide bonds. The Kier molecular flexibility index (Phi) is 3.25. The van der Waals surface area contributed by atoms with Gasteiger partial charge in [0.25, 0.3) is 11.8 Å². The van der Waals surface area contributed by atoms with Crippen LogP contribution in [0.1, 0.15) is 34.6 Å². The van der Waals surface area contributed by atoms with Crippen LogP contribution in [0.5, 0.6) is 0 Å². The Labute approximate surface area is 110 Å². The van der Waals surface area contributed by atoms with Crippen molar-refractivity contribution >= 4 is 23.6 Å². The van der Waals surface area contributed by atoms with Crippen LogP contribution in [-0.4, -0.2) is 36.0 Å². The van der Waals surface area contributed by atoms with Gasteiger partial charge in [0.15, 0.2) is 0 Å². The maximum absolute atomic E-state index is 11.8. The Balaban J connectivity index is 2.22. The molecular formula is C13H14N2O4. The average molecular weight is 262 g/mol. The number of rotatable bonds is 2. The van der Waals surface area contributed by atoms with E-state index in [9.17, 15) is 14.4 Å². The van der Waals surface area contributed by atoms with Crippen LogP contribution in [0, 0.1) is 0 Å². The summed E-state index contributed by atoms with van der Waals surface area (Å²) in [7, 11) is 1.42. The lowest BCUT2D eigenvalue weighted by molar-refractivity contribution is 0.0693. The van der Waals surface area contributed by atoms with Gasteiger partial charge in [0.1, 0.15) is 0 Å². The minimum Gasteiger partial charge on any atom is -0.447 e. The van der Waals surface area contributed by atoms with Gasteiger partial charge in [-0.15, -0.1) is 0 Å². The zero-order valence-electron chi connectivity index (χ0n) is 10.9. The van der Waals surface area contributed by atoms with E-state index in [0.717, 1.165) is 4.90 Å². The van der Waals surface area contributed by atoms with Gasteiger partial charge in [0.05, 0.1) is 17.2 Å². The Morgan fingerprint density at radius 1 is 1.21 bits per heavy atom. The van der Waals surface area contributed by atoms with Gasteiger partial charge >= 0.3 is 6.09 Å². The summed E-state index contributed by atoms with van der Waals surface area (Å²) in [6.45, 7) is 3.47. The number of hydrogen-bond donors (Lipinski definition) is 1. The molecule has 2 rings (SSSR count). The number of anilines is 1. The summed E-state index contributed by atoms with van der Waals surface area (Å²) in [6.07, 6.45) is -0.830. The van der Waals surface area contributed by atoms with E-state index >= 15 is 0 Å². The van der Waals surface area contributed by atoms with Crippen LogP contribution >= 0.6 is 0 Å². The van der Waals surface area contributed by atoms with Crippen molar-refractivity contribution in [2.24, 2.45) is 0 Å². The van der Waals surface area contributed by atoms with Gasteiger partial charge in [-0.25, -0.2) is 4.79 Å². The quantitative estimate of drug-likeness (QED) is 0.825. The first-order valence-electron chi connectivity index (χ1n) is 5.84. The largest absolute Gasteiger partial charge is 0.447 e. The second-order valence-corrected chi connectivity index (χ2v) is 4.51. The standard InChI is InChI=1S/C13H14N2O4/c1-7(2)19-13(18)14-8-4-5-9-10(6-8)12(17)15(3)11(9)16/h4-7H,1-3H3,(H,14,18). The van der Waals surface area contributed by atoms with E-state index in [4.69, 9.17) is 4.74 Å². The van der Waals surface area contributed by atoms with E-state index in [2.05, 4.69) is 5.32 Å². The molecule has 1 heterocycles. The third kappa shape index (κ3) is 2.42. The third-order valence-electron chi connectivity index (χ3n) is 2.68. The lowest BCUT2D eigenvalue weighted by atomic mass is 10.1. The van der Waals surface area contributed by atoms with Crippen LogP contribution in [0.25, 0.3) is 0 Å². The molecule has 1 aromatic rings. The topological polar surface area (TPSA) is 75.7 Å². The lowest BCUT2D eigenvalue weighted by Gasteiger charge is -2.09. The minimum absolute atomic E-state index is 0.233. The van der Waals surface area contributed by atoms with Gasteiger partial charge in [0, 0.05) is 12.7 Å². The molecule has 0 unspecified atom stereocenters. The average Bonchev–Trinajstić information content (AvgIpc) is 2.53. The monoisotopic (exact) mass is 262 g/mol. The van der Waals surface area contributed by atoms with Crippen molar-refractivity contribution < 1.29 is 19.1 Å². The van der Waals surface area contributed by atoms with Crippen molar-refractivity contribution in [1.29, 1.82) is 0 Å². The van der Waals surface area contributed by atoms with Crippen LogP contribution in [0.15, 0.2) is 18.2 Å². The molecular weight excluding hydrogens is 248 g/mol. The number of fused-ring (bicyclic) bond motifs is 1. The third-order valence-corrected chi connectivity index (χ3v) is 2.68. The molecule has 1 aliphatic rings. The molecule has 6 heteroatoms. The summed E-state index contributed by atoms with van der Waals surface area (Å²) >= 11 is 0. The summed E-state index contributed by atoms with van der Waals surface area (Å²) in [5, 5.41) is 2.51. The van der Waals surface area contributed by atoms with E-state index in [1.54, 1.807) is 19.9 Å². The number of nitrogens with zero attached hydrogens (tertiary/aromatic N) is 1. The van der Waals surface area contributed by atoms with Crippen LogP contribution in [0.4, 0.5) is 10.5 Å². The number of nitrogens with one attached hydrogen (secondary N) is 1. The highest BCUT2D eigenvalue weighted by atomic mass is 16.6. The molecule has 1 N–H and O–H groups in total. The molecule has 0 saturated carbocycles. The fourth-order valence-electron chi connectivity index (χ4n) is 1.80. The molecule has 0 radical (unpaired) electrons. The van der Waals surface area contributed by atoms with Crippen LogP contribution in [-0.2, 0) is 4.74 Å². The number of carbonyl (C=O) groups is 3. The molecule has 0 atom stereocenters. The van der Waals surface area contributed by atoms with Gasteiger partial charge in [-0.05, 0) is 32.0 Å². The molecule has 0 saturated heterocycles. The molecule has 0 spiro atoms. The highest BCUT2D eigenvalue weighted by Gasteiger charge is 2.32. The Morgan fingerprint density at radius 3 is 2.47 bits per heavy atom. The Bertz CT molecular complexity index is 566. The van der Waals surface area contributed by atoms with Crippen LogP contribution in [0.2, 0.25) is 0 Å². The number of imide groups is 1. The van der Waals surface area contributed by atoms with Crippen molar-refractivity contribution in [1.82, 2.24) is 4.90 Å². The zero-order valence-corrected chi connectivity index (χ0v) is 10.9. The molecule has 19 heavy (non-hydrogen) atoms. The van der Waals surface area contributed by atoms with Gasteiger partial charge in [0.2, 0.25) is 0 Å². The summed E-state index contributed by atoms with van der Waals surface area (Å²) in [4.78, 5) is 35.9. The fourth-order valence-corrected chi connectivity index (χ4v) is 1.80. The normalized spacial score (nSPS) is 13.8. The van der Waals surface area contributed by atoms with Crippen LogP contribution in [0.3, 0.4) is 0 Å². The van der Waals surface area contributed by atoms with Crippen molar-refractivity contribution in [3.05, 3.63) is 29.3 Å². The summed E-state index contributed by atoms with van der Waals surface area (Å²) in [5.41, 5.74) is 1.05. The summed E-state index contributed by atoms with van der Waals surface area (Å²) in [6, 6.07) is 4.55. The number of ether oxygens (including phenoxy) is 1. The zero-order chi connectivity index (χ0) is 14.2. The molecule has 0 bridgehead atoms.